The average molecular weight is 280 g/mol. The first-order valence-electron chi connectivity index (χ1n) is 6.69. The second-order valence-corrected chi connectivity index (χ2v) is 4.65. The zero-order valence-electron chi connectivity index (χ0n) is 11.9. The molecule has 21 heavy (non-hydrogen) atoms. The summed E-state index contributed by atoms with van der Waals surface area (Å²) in [4.78, 5) is 12.6. The van der Waals surface area contributed by atoms with Crippen molar-refractivity contribution in [1.29, 1.82) is 0 Å². The van der Waals surface area contributed by atoms with Crippen LogP contribution in [-0.2, 0) is 0 Å². The van der Waals surface area contributed by atoms with Crippen molar-refractivity contribution < 1.29 is 4.74 Å². The molecule has 1 aromatic carbocycles. The molecule has 5 nitrogen and oxygen atoms in total. The Morgan fingerprint density at radius 3 is 2.90 bits per heavy atom. The second-order valence-electron chi connectivity index (χ2n) is 4.65. The summed E-state index contributed by atoms with van der Waals surface area (Å²) < 4.78 is 5.18. The van der Waals surface area contributed by atoms with E-state index in [-0.39, 0.29) is 6.04 Å². The molecule has 3 rings (SSSR count). The number of rotatable bonds is 4. The number of methoxy groups -OCH3 is 1. The third-order valence-electron chi connectivity index (χ3n) is 3.48. The zero-order chi connectivity index (χ0) is 14.7. The average Bonchev–Trinajstić information content (AvgIpc) is 2.56. The van der Waals surface area contributed by atoms with Gasteiger partial charge in [0.15, 0.2) is 0 Å². The maximum absolute atomic E-state index is 5.18. The van der Waals surface area contributed by atoms with Gasteiger partial charge in [0, 0.05) is 23.8 Å². The highest BCUT2D eigenvalue weighted by Gasteiger charge is 2.17. The standard InChI is InChI=1S/C16H16N4O/c1-17-16(14-8-15(21-2)20-10-19-14)13-5-3-4-11-9-18-7-6-12(11)13/h3-10,16-17H,1-2H3. The van der Waals surface area contributed by atoms with Crippen LogP contribution in [0.1, 0.15) is 17.3 Å². The van der Waals surface area contributed by atoms with Gasteiger partial charge in [-0.1, -0.05) is 18.2 Å². The summed E-state index contributed by atoms with van der Waals surface area (Å²) in [6.07, 6.45) is 5.19. The Bertz CT molecular complexity index is 755. The number of ether oxygens (including phenoxy) is 1. The number of nitrogens with one attached hydrogen (secondary N) is 1. The lowest BCUT2D eigenvalue weighted by Crippen LogP contribution is -2.19. The molecule has 0 saturated heterocycles. The van der Waals surface area contributed by atoms with Gasteiger partial charge >= 0.3 is 0 Å². The van der Waals surface area contributed by atoms with Gasteiger partial charge in [-0.25, -0.2) is 9.97 Å². The maximum atomic E-state index is 5.18. The molecule has 2 aromatic heterocycles. The lowest BCUT2D eigenvalue weighted by atomic mass is 9.98. The highest BCUT2D eigenvalue weighted by molar-refractivity contribution is 5.85. The molecule has 0 saturated carbocycles. The summed E-state index contributed by atoms with van der Waals surface area (Å²) in [5.74, 6) is 0.558. The van der Waals surface area contributed by atoms with E-state index in [1.54, 1.807) is 13.3 Å². The Balaban J connectivity index is 2.13. The number of hydrogen-bond acceptors (Lipinski definition) is 5. The Kier molecular flexibility index (Phi) is 3.75. The SMILES string of the molecule is CNC(c1cc(OC)ncn1)c1cccc2cnccc12. The van der Waals surface area contributed by atoms with E-state index in [1.165, 1.54) is 6.33 Å². The minimum absolute atomic E-state index is 0.0343. The molecule has 0 aliphatic carbocycles. The zero-order valence-corrected chi connectivity index (χ0v) is 11.9. The molecular formula is C16H16N4O. The highest BCUT2D eigenvalue weighted by Crippen LogP contribution is 2.28. The Labute approximate surface area is 123 Å². The van der Waals surface area contributed by atoms with Gasteiger partial charge in [-0.2, -0.15) is 0 Å². The van der Waals surface area contributed by atoms with Crippen molar-refractivity contribution >= 4 is 10.8 Å². The monoisotopic (exact) mass is 280 g/mol. The molecule has 2 heterocycles. The molecule has 0 radical (unpaired) electrons. The smallest absolute Gasteiger partial charge is 0.216 e. The number of nitrogens with zero attached hydrogens (tertiary/aromatic N) is 3. The van der Waals surface area contributed by atoms with Gasteiger partial charge in [0.2, 0.25) is 5.88 Å². The lowest BCUT2D eigenvalue weighted by Gasteiger charge is -2.18. The van der Waals surface area contributed by atoms with Gasteiger partial charge in [-0.3, -0.25) is 4.98 Å². The molecule has 1 atom stereocenters. The molecular weight excluding hydrogens is 264 g/mol. The summed E-state index contributed by atoms with van der Waals surface area (Å²) in [5, 5.41) is 5.58. The normalized spacial score (nSPS) is 12.3. The minimum atomic E-state index is -0.0343. The highest BCUT2D eigenvalue weighted by atomic mass is 16.5. The molecule has 1 unspecified atom stereocenters. The van der Waals surface area contributed by atoms with E-state index >= 15 is 0 Å². The number of aromatic nitrogens is 3. The number of hydrogen-bond donors (Lipinski definition) is 1. The summed E-state index contributed by atoms with van der Waals surface area (Å²) in [6.45, 7) is 0. The first-order chi connectivity index (χ1) is 10.3. The molecule has 1 N–H and O–H groups in total. The van der Waals surface area contributed by atoms with Gasteiger partial charge in [0.25, 0.3) is 0 Å². The first-order valence-corrected chi connectivity index (χ1v) is 6.69. The summed E-state index contributed by atoms with van der Waals surface area (Å²) in [5.41, 5.74) is 2.02. The topological polar surface area (TPSA) is 59.9 Å². The van der Waals surface area contributed by atoms with Crippen LogP contribution in [0.4, 0.5) is 0 Å². The van der Waals surface area contributed by atoms with Crippen molar-refractivity contribution in [1.82, 2.24) is 20.3 Å². The fraction of sp³-hybridized carbons (Fsp3) is 0.188. The minimum Gasteiger partial charge on any atom is -0.481 e. The van der Waals surface area contributed by atoms with Gasteiger partial charge < -0.3 is 10.1 Å². The fourth-order valence-corrected chi connectivity index (χ4v) is 2.49. The largest absolute Gasteiger partial charge is 0.481 e. The molecule has 0 aliphatic rings. The Morgan fingerprint density at radius 1 is 1.19 bits per heavy atom. The summed E-state index contributed by atoms with van der Waals surface area (Å²) >= 11 is 0. The lowest BCUT2D eigenvalue weighted by molar-refractivity contribution is 0.395. The van der Waals surface area contributed by atoms with E-state index in [2.05, 4.69) is 32.4 Å². The maximum Gasteiger partial charge on any atom is 0.216 e. The van der Waals surface area contributed by atoms with E-state index in [4.69, 9.17) is 4.74 Å². The van der Waals surface area contributed by atoms with Crippen LogP contribution < -0.4 is 10.1 Å². The molecule has 3 aromatic rings. The van der Waals surface area contributed by atoms with E-state index in [0.29, 0.717) is 5.88 Å². The summed E-state index contributed by atoms with van der Waals surface area (Å²) in [6, 6.07) is 10.0. The van der Waals surface area contributed by atoms with Crippen molar-refractivity contribution in [3.8, 4) is 5.88 Å². The fourth-order valence-electron chi connectivity index (χ4n) is 2.49. The van der Waals surface area contributed by atoms with Crippen molar-refractivity contribution in [3.63, 3.8) is 0 Å². The van der Waals surface area contributed by atoms with Gasteiger partial charge in [-0.15, -0.1) is 0 Å². The Morgan fingerprint density at radius 2 is 2.10 bits per heavy atom. The third-order valence-corrected chi connectivity index (χ3v) is 3.48. The molecule has 0 bridgehead atoms. The predicted molar refractivity (Wildman–Crippen MR) is 81.2 cm³/mol. The van der Waals surface area contributed by atoms with Crippen molar-refractivity contribution in [2.24, 2.45) is 0 Å². The van der Waals surface area contributed by atoms with E-state index < -0.39 is 0 Å². The van der Waals surface area contributed by atoms with E-state index in [0.717, 1.165) is 22.0 Å². The van der Waals surface area contributed by atoms with Gasteiger partial charge in [0.1, 0.15) is 6.33 Å². The first kappa shape index (κ1) is 13.5. The third kappa shape index (κ3) is 2.55. The predicted octanol–water partition coefficient (Wildman–Crippen LogP) is 2.34. The molecule has 0 aliphatic heterocycles. The van der Waals surface area contributed by atoms with Crippen molar-refractivity contribution in [3.05, 3.63) is 60.3 Å². The van der Waals surface area contributed by atoms with Crippen LogP contribution in [0.15, 0.2) is 49.1 Å². The number of pyridine rings is 1. The van der Waals surface area contributed by atoms with Crippen LogP contribution in [0.25, 0.3) is 10.8 Å². The van der Waals surface area contributed by atoms with Crippen LogP contribution in [0.2, 0.25) is 0 Å². The summed E-state index contributed by atoms with van der Waals surface area (Å²) in [7, 11) is 3.52. The molecule has 106 valence electrons. The Hall–Kier alpha value is -2.53. The number of fused-ring (bicyclic) bond motifs is 1. The van der Waals surface area contributed by atoms with Crippen LogP contribution >= 0.6 is 0 Å². The second kappa shape index (κ2) is 5.85. The molecule has 0 amide bonds. The van der Waals surface area contributed by atoms with Crippen LogP contribution in [0.5, 0.6) is 5.88 Å². The molecule has 0 spiro atoms. The van der Waals surface area contributed by atoms with Crippen molar-refractivity contribution in [2.45, 2.75) is 6.04 Å². The van der Waals surface area contributed by atoms with E-state index in [9.17, 15) is 0 Å². The van der Waals surface area contributed by atoms with Gasteiger partial charge in [-0.05, 0) is 24.1 Å². The van der Waals surface area contributed by atoms with Crippen LogP contribution in [0, 0.1) is 0 Å². The van der Waals surface area contributed by atoms with Crippen LogP contribution in [-0.4, -0.2) is 29.1 Å². The molecule has 0 fully saturated rings. The van der Waals surface area contributed by atoms with Crippen LogP contribution in [0.3, 0.4) is 0 Å². The number of benzene rings is 1. The van der Waals surface area contributed by atoms with Crippen molar-refractivity contribution in [2.75, 3.05) is 14.2 Å². The molecule has 5 heteroatoms. The van der Waals surface area contributed by atoms with E-state index in [1.807, 2.05) is 31.4 Å². The quantitative estimate of drug-likeness (QED) is 0.795. The van der Waals surface area contributed by atoms with Gasteiger partial charge in [0.05, 0.1) is 18.8 Å².